The van der Waals surface area contributed by atoms with Crippen LogP contribution in [0.2, 0.25) is 0 Å². The minimum Gasteiger partial charge on any atom is -0.480 e. The number of aliphatic carboxylic acids is 1. The molecule has 5 nitrogen and oxygen atoms in total. The summed E-state index contributed by atoms with van der Waals surface area (Å²) < 4.78 is 10.4. The summed E-state index contributed by atoms with van der Waals surface area (Å²) in [6, 6.07) is 0. The van der Waals surface area contributed by atoms with Crippen molar-refractivity contribution in [1.82, 2.24) is 5.32 Å². The lowest BCUT2D eigenvalue weighted by molar-refractivity contribution is -0.145. The van der Waals surface area contributed by atoms with Crippen molar-refractivity contribution in [1.29, 1.82) is 0 Å². The average molecular weight is 233 g/mol. The van der Waals surface area contributed by atoms with Gasteiger partial charge in [-0.1, -0.05) is 0 Å². The molecule has 0 aromatic rings. The molecule has 96 valence electrons. The molecule has 0 aliphatic heterocycles. The second-order valence-electron chi connectivity index (χ2n) is 4.12. The fourth-order valence-corrected chi connectivity index (χ4v) is 1.42. The van der Waals surface area contributed by atoms with Gasteiger partial charge in [0.05, 0.1) is 6.10 Å². The van der Waals surface area contributed by atoms with Crippen molar-refractivity contribution in [3.63, 3.8) is 0 Å². The maximum atomic E-state index is 11.0. The van der Waals surface area contributed by atoms with Crippen LogP contribution in [0, 0.1) is 0 Å². The van der Waals surface area contributed by atoms with E-state index in [1.54, 1.807) is 21.1 Å². The maximum absolute atomic E-state index is 11.0. The third-order valence-corrected chi connectivity index (χ3v) is 2.61. The highest BCUT2D eigenvalue weighted by Gasteiger charge is 2.33. The third-order valence-electron chi connectivity index (χ3n) is 2.61. The number of hydrogen-bond donors (Lipinski definition) is 2. The predicted octanol–water partition coefficient (Wildman–Crippen LogP) is 0.881. The van der Waals surface area contributed by atoms with E-state index in [-0.39, 0.29) is 6.10 Å². The van der Waals surface area contributed by atoms with Gasteiger partial charge in [0.1, 0.15) is 5.54 Å². The van der Waals surface area contributed by atoms with Gasteiger partial charge in [-0.25, -0.2) is 0 Å². The van der Waals surface area contributed by atoms with Gasteiger partial charge in [0, 0.05) is 26.7 Å². The number of carboxylic acids is 1. The molecule has 0 aromatic heterocycles. The number of ether oxygens (including phenoxy) is 2. The molecule has 0 aliphatic rings. The number of likely N-dealkylation sites (N-methyl/N-ethyl adjacent to an activating group) is 1. The topological polar surface area (TPSA) is 67.8 Å². The van der Waals surface area contributed by atoms with E-state index in [1.165, 1.54) is 0 Å². The third kappa shape index (κ3) is 5.44. The van der Waals surface area contributed by atoms with E-state index < -0.39 is 11.5 Å². The lowest BCUT2D eigenvalue weighted by atomic mass is 9.95. The summed E-state index contributed by atoms with van der Waals surface area (Å²) in [6.07, 6.45) is 1.17. The Hall–Kier alpha value is -0.650. The number of nitrogens with one attached hydrogen (secondary N) is 1. The molecule has 2 atom stereocenters. The van der Waals surface area contributed by atoms with Crippen molar-refractivity contribution in [2.24, 2.45) is 0 Å². The largest absolute Gasteiger partial charge is 0.480 e. The molecule has 0 aliphatic carbocycles. The molecule has 5 heteroatoms. The van der Waals surface area contributed by atoms with Crippen molar-refractivity contribution in [3.05, 3.63) is 0 Å². The SMILES string of the molecule is CNC(C)(CC(C)OCCCOC)C(=O)O. The van der Waals surface area contributed by atoms with Crippen LogP contribution in [-0.2, 0) is 14.3 Å². The van der Waals surface area contributed by atoms with Gasteiger partial charge in [-0.15, -0.1) is 0 Å². The molecule has 0 aromatic carbocycles. The Balaban J connectivity index is 3.92. The van der Waals surface area contributed by atoms with E-state index >= 15 is 0 Å². The molecule has 0 radical (unpaired) electrons. The number of methoxy groups -OCH3 is 1. The highest BCUT2D eigenvalue weighted by molar-refractivity contribution is 5.78. The number of hydrogen-bond acceptors (Lipinski definition) is 4. The van der Waals surface area contributed by atoms with E-state index in [0.29, 0.717) is 19.6 Å². The molecule has 2 unspecified atom stereocenters. The lowest BCUT2D eigenvalue weighted by Gasteiger charge is -2.27. The fraction of sp³-hybridized carbons (Fsp3) is 0.909. The van der Waals surface area contributed by atoms with Crippen molar-refractivity contribution in [2.45, 2.75) is 38.3 Å². The number of carboxylic acid groups (broad SMARTS) is 1. The second-order valence-corrected chi connectivity index (χ2v) is 4.12. The molecule has 0 spiro atoms. The molecule has 0 rings (SSSR count). The van der Waals surface area contributed by atoms with Crippen LogP contribution in [0.5, 0.6) is 0 Å². The van der Waals surface area contributed by atoms with Crippen molar-refractivity contribution < 1.29 is 19.4 Å². The normalized spacial score (nSPS) is 16.8. The first kappa shape index (κ1) is 15.3. The van der Waals surface area contributed by atoms with E-state index in [0.717, 1.165) is 6.42 Å². The maximum Gasteiger partial charge on any atom is 0.323 e. The lowest BCUT2D eigenvalue weighted by Crippen LogP contribution is -2.49. The fourth-order valence-electron chi connectivity index (χ4n) is 1.42. The van der Waals surface area contributed by atoms with Gasteiger partial charge in [0.15, 0.2) is 0 Å². The molecule has 0 amide bonds. The minimum atomic E-state index is -0.930. The smallest absolute Gasteiger partial charge is 0.323 e. The van der Waals surface area contributed by atoms with Crippen molar-refractivity contribution >= 4 is 5.97 Å². The molecule has 0 heterocycles. The van der Waals surface area contributed by atoms with Gasteiger partial charge in [-0.3, -0.25) is 4.79 Å². The Morgan fingerprint density at radius 2 is 2.12 bits per heavy atom. The van der Waals surface area contributed by atoms with Crippen LogP contribution >= 0.6 is 0 Å². The zero-order valence-electron chi connectivity index (χ0n) is 10.6. The van der Waals surface area contributed by atoms with Crippen LogP contribution in [-0.4, -0.2) is 50.1 Å². The van der Waals surface area contributed by atoms with Gasteiger partial charge in [0.2, 0.25) is 0 Å². The molecular weight excluding hydrogens is 210 g/mol. The van der Waals surface area contributed by atoms with E-state index in [2.05, 4.69) is 5.32 Å². The monoisotopic (exact) mass is 233 g/mol. The van der Waals surface area contributed by atoms with Gasteiger partial charge in [-0.2, -0.15) is 0 Å². The quantitative estimate of drug-likeness (QED) is 0.579. The summed E-state index contributed by atoms with van der Waals surface area (Å²) in [5.41, 5.74) is -0.930. The van der Waals surface area contributed by atoms with Crippen LogP contribution in [0.25, 0.3) is 0 Å². The van der Waals surface area contributed by atoms with Gasteiger partial charge in [-0.05, 0) is 27.3 Å². The summed E-state index contributed by atoms with van der Waals surface area (Å²) in [7, 11) is 3.29. The van der Waals surface area contributed by atoms with Crippen LogP contribution < -0.4 is 5.32 Å². The molecular formula is C11H23NO4. The summed E-state index contributed by atoms with van der Waals surface area (Å²) in [6.45, 7) is 4.79. The molecule has 0 fully saturated rings. The summed E-state index contributed by atoms with van der Waals surface area (Å²) >= 11 is 0. The van der Waals surface area contributed by atoms with Crippen LogP contribution in [0.1, 0.15) is 26.7 Å². The Morgan fingerprint density at radius 1 is 1.50 bits per heavy atom. The molecule has 0 saturated heterocycles. The summed E-state index contributed by atoms with van der Waals surface area (Å²) in [5, 5.41) is 11.9. The van der Waals surface area contributed by atoms with Crippen molar-refractivity contribution in [2.75, 3.05) is 27.4 Å². The zero-order valence-corrected chi connectivity index (χ0v) is 10.6. The highest BCUT2D eigenvalue weighted by atomic mass is 16.5. The van der Waals surface area contributed by atoms with Crippen LogP contribution in [0.15, 0.2) is 0 Å². The Labute approximate surface area is 97.1 Å². The summed E-state index contributed by atoms with van der Waals surface area (Å²) in [5.74, 6) is -0.859. The van der Waals surface area contributed by atoms with E-state index in [1.807, 2.05) is 6.92 Å². The van der Waals surface area contributed by atoms with Gasteiger partial charge >= 0.3 is 5.97 Å². The van der Waals surface area contributed by atoms with E-state index in [4.69, 9.17) is 14.6 Å². The minimum absolute atomic E-state index is 0.0922. The van der Waals surface area contributed by atoms with Crippen LogP contribution in [0.4, 0.5) is 0 Å². The van der Waals surface area contributed by atoms with Crippen LogP contribution in [0.3, 0.4) is 0 Å². The van der Waals surface area contributed by atoms with E-state index in [9.17, 15) is 4.79 Å². The summed E-state index contributed by atoms with van der Waals surface area (Å²) in [4.78, 5) is 11.0. The van der Waals surface area contributed by atoms with Crippen molar-refractivity contribution in [3.8, 4) is 0 Å². The predicted molar refractivity (Wildman–Crippen MR) is 61.6 cm³/mol. The molecule has 16 heavy (non-hydrogen) atoms. The zero-order chi connectivity index (χ0) is 12.6. The first-order valence-electron chi connectivity index (χ1n) is 5.49. The second kappa shape index (κ2) is 7.60. The standard InChI is InChI=1S/C11H23NO4/c1-9(16-7-5-6-15-4)8-11(2,12-3)10(13)14/h9,12H,5-8H2,1-4H3,(H,13,14). The molecule has 0 saturated carbocycles. The van der Waals surface area contributed by atoms with Gasteiger partial charge < -0.3 is 19.9 Å². The average Bonchev–Trinajstić information content (AvgIpc) is 2.24. The first-order valence-corrected chi connectivity index (χ1v) is 5.49. The Bertz CT molecular complexity index is 210. The Morgan fingerprint density at radius 3 is 2.56 bits per heavy atom. The van der Waals surface area contributed by atoms with Gasteiger partial charge in [0.25, 0.3) is 0 Å². The molecule has 0 bridgehead atoms. The Kier molecular flexibility index (Phi) is 7.29. The highest BCUT2D eigenvalue weighted by Crippen LogP contribution is 2.14. The number of carbonyl (C=O) groups is 1. The first-order chi connectivity index (χ1) is 7.46. The molecule has 2 N–H and O–H groups in total. The number of rotatable bonds is 9.